The van der Waals surface area contributed by atoms with E-state index >= 15 is 0 Å². The van der Waals surface area contributed by atoms with Crippen molar-refractivity contribution in [1.82, 2.24) is 10.7 Å². The van der Waals surface area contributed by atoms with Crippen LogP contribution in [0.2, 0.25) is 0 Å². The number of hydrogen-bond acceptors (Lipinski definition) is 2. The molecule has 0 bridgehead atoms. The molecular formula is C5F10N2O2. The molecule has 0 N–H and O–H groups in total. The summed E-state index contributed by atoms with van der Waals surface area (Å²) >= 11 is 0. The molecule has 4 nitrogen and oxygen atoms in total. The number of rotatable bonds is 4. The minimum absolute atomic E-state index is 3.16. The van der Waals surface area contributed by atoms with Crippen LogP contribution in [-0.2, 0) is 9.59 Å². The van der Waals surface area contributed by atoms with E-state index in [0.29, 0.717) is 0 Å². The highest BCUT2D eigenvalue weighted by molar-refractivity contribution is 5.88. The fourth-order valence-corrected chi connectivity index (χ4v) is 0.678. The van der Waals surface area contributed by atoms with Crippen molar-refractivity contribution in [3.05, 3.63) is 0 Å². The van der Waals surface area contributed by atoms with Crippen LogP contribution in [0.25, 0.3) is 0 Å². The van der Waals surface area contributed by atoms with Crippen LogP contribution in [-0.4, -0.2) is 40.3 Å². The monoisotopic (exact) mass is 310 g/mol. The van der Waals surface area contributed by atoms with Gasteiger partial charge in [0, 0.05) is 10.7 Å². The highest BCUT2D eigenvalue weighted by atomic mass is 19.4. The minimum Gasteiger partial charge on any atom is -0.262 e. The van der Waals surface area contributed by atoms with Gasteiger partial charge in [0.1, 0.15) is 0 Å². The van der Waals surface area contributed by atoms with Crippen LogP contribution in [0.3, 0.4) is 0 Å². The Morgan fingerprint density at radius 3 is 1.00 bits per heavy atom. The van der Waals surface area contributed by atoms with Crippen LogP contribution in [0.5, 0.6) is 0 Å². The summed E-state index contributed by atoms with van der Waals surface area (Å²) in [5.41, 5.74) is 0. The summed E-state index contributed by atoms with van der Waals surface area (Å²) in [5.74, 6) is -28.9. The maximum Gasteiger partial charge on any atom is 0.398 e. The Hall–Kier alpha value is -1.76. The third-order valence-electron chi connectivity index (χ3n) is 1.63. The highest BCUT2D eigenvalue weighted by Crippen LogP contribution is 2.47. The van der Waals surface area contributed by atoms with Gasteiger partial charge in [-0.2, -0.15) is 26.3 Å². The van der Waals surface area contributed by atoms with E-state index in [4.69, 9.17) is 0 Å². The molecule has 14 heteroatoms. The zero-order chi connectivity index (χ0) is 15.8. The van der Waals surface area contributed by atoms with Crippen molar-refractivity contribution in [3.63, 3.8) is 0 Å². The Morgan fingerprint density at radius 2 is 0.842 bits per heavy atom. The van der Waals surface area contributed by atoms with Gasteiger partial charge in [0.25, 0.3) is 0 Å². The summed E-state index contributed by atoms with van der Waals surface area (Å²) in [4.78, 5) is 19.9. The molecule has 0 saturated carbocycles. The van der Waals surface area contributed by atoms with E-state index in [1.54, 1.807) is 0 Å². The number of carbonyl (C=O) groups excluding carboxylic acids is 2. The molecule has 112 valence electrons. The van der Waals surface area contributed by atoms with Crippen LogP contribution in [0.4, 0.5) is 44.3 Å². The fraction of sp³-hybridized carbons (Fsp3) is 0.600. The molecule has 0 rings (SSSR count). The molecule has 0 spiro atoms. The molecule has 0 fully saturated rings. The van der Waals surface area contributed by atoms with E-state index < -0.39 is 40.3 Å². The average molecular weight is 310 g/mol. The van der Waals surface area contributed by atoms with Crippen molar-refractivity contribution < 1.29 is 53.9 Å². The molecule has 19 heavy (non-hydrogen) atoms. The van der Waals surface area contributed by atoms with Crippen molar-refractivity contribution in [2.75, 3.05) is 0 Å². The molecule has 0 radical (unpaired) electrons. The van der Waals surface area contributed by atoms with Crippen LogP contribution < -0.4 is 0 Å². The van der Waals surface area contributed by atoms with Crippen LogP contribution in [0.1, 0.15) is 0 Å². The van der Waals surface area contributed by atoms with Crippen molar-refractivity contribution in [3.8, 4) is 0 Å². The quantitative estimate of drug-likeness (QED) is 0.589. The zero-order valence-corrected chi connectivity index (χ0v) is 7.99. The smallest absolute Gasteiger partial charge is 0.262 e. The van der Waals surface area contributed by atoms with Crippen LogP contribution in [0.15, 0.2) is 0 Å². The van der Waals surface area contributed by atoms with E-state index in [1.165, 1.54) is 0 Å². The Morgan fingerprint density at radius 1 is 0.632 bits per heavy atom. The van der Waals surface area contributed by atoms with Crippen molar-refractivity contribution in [2.24, 2.45) is 0 Å². The lowest BCUT2D eigenvalue weighted by molar-refractivity contribution is -0.313. The highest BCUT2D eigenvalue weighted by Gasteiger charge is 2.80. The molecule has 0 saturated heterocycles. The Balaban J connectivity index is 5.72. The van der Waals surface area contributed by atoms with Gasteiger partial charge in [0.15, 0.2) is 0 Å². The number of alkyl halides is 6. The Labute approximate surface area is 95.4 Å². The van der Waals surface area contributed by atoms with Gasteiger partial charge in [-0.05, 0) is 0 Å². The third kappa shape index (κ3) is 2.51. The molecule has 0 unspecified atom stereocenters. The van der Waals surface area contributed by atoms with E-state index in [1.807, 2.05) is 0 Å². The van der Waals surface area contributed by atoms with E-state index in [9.17, 15) is 53.9 Å². The van der Waals surface area contributed by atoms with Gasteiger partial charge in [-0.25, -0.2) is 0 Å². The maximum atomic E-state index is 12.5. The first-order valence-corrected chi connectivity index (χ1v) is 3.67. The molecule has 0 heterocycles. The predicted octanol–water partition coefficient (Wildman–Crippen LogP) is 2.09. The van der Waals surface area contributed by atoms with Crippen molar-refractivity contribution >= 4 is 11.8 Å². The zero-order valence-electron chi connectivity index (χ0n) is 7.99. The fourth-order valence-electron chi connectivity index (χ4n) is 0.678. The van der Waals surface area contributed by atoms with Gasteiger partial charge < -0.3 is 0 Å². The summed E-state index contributed by atoms with van der Waals surface area (Å²) in [6.45, 7) is 0. The molecule has 0 aliphatic rings. The first kappa shape index (κ1) is 17.2. The SMILES string of the molecule is O=C(N(F)F)C(F)(F)C(F)(F)C(F)(F)C(=O)N(F)F. The molecule has 0 aliphatic heterocycles. The van der Waals surface area contributed by atoms with Crippen LogP contribution >= 0.6 is 0 Å². The Kier molecular flexibility index (Phi) is 4.29. The van der Waals surface area contributed by atoms with Gasteiger partial charge in [-0.15, -0.1) is 0 Å². The largest absolute Gasteiger partial charge is 0.398 e. The van der Waals surface area contributed by atoms with E-state index in [0.717, 1.165) is 0 Å². The number of amides is 2. The number of halogens is 10. The van der Waals surface area contributed by atoms with Gasteiger partial charge in [0.05, 0.1) is 0 Å². The second-order valence-electron chi connectivity index (χ2n) is 2.80. The lowest BCUT2D eigenvalue weighted by atomic mass is 10.0. The summed E-state index contributed by atoms with van der Waals surface area (Å²) in [6, 6.07) is 0. The summed E-state index contributed by atoms with van der Waals surface area (Å²) in [7, 11) is 0. The summed E-state index contributed by atoms with van der Waals surface area (Å²) < 4.78 is 120. The molecule has 0 aliphatic carbocycles. The Bertz CT molecular complexity index is 346. The van der Waals surface area contributed by atoms with Crippen LogP contribution in [0, 0.1) is 0 Å². The number of nitrogens with zero attached hydrogens (tertiary/aromatic N) is 2. The van der Waals surface area contributed by atoms with Gasteiger partial charge >= 0.3 is 29.6 Å². The first-order chi connectivity index (χ1) is 8.21. The number of hydrogen-bond donors (Lipinski definition) is 0. The topological polar surface area (TPSA) is 40.6 Å². The average Bonchev–Trinajstić information content (AvgIpc) is 2.25. The number of carbonyl (C=O) groups is 2. The maximum absolute atomic E-state index is 12.5. The van der Waals surface area contributed by atoms with Crippen molar-refractivity contribution in [2.45, 2.75) is 17.8 Å². The standard InChI is InChI=1S/C5F10N2O2/c6-3(7,1(18)16(12)13)5(10,11)4(8,9)2(19)17(14)15. The summed E-state index contributed by atoms with van der Waals surface area (Å²) in [6.07, 6.45) is 0. The predicted molar refractivity (Wildman–Crippen MR) is 33.0 cm³/mol. The van der Waals surface area contributed by atoms with E-state index in [-0.39, 0.29) is 0 Å². The molecule has 2 amide bonds. The third-order valence-corrected chi connectivity index (χ3v) is 1.63. The normalized spacial score (nSPS) is 13.2. The molecule has 0 aromatic rings. The van der Waals surface area contributed by atoms with Gasteiger partial charge in [-0.1, -0.05) is 17.9 Å². The first-order valence-electron chi connectivity index (χ1n) is 3.67. The molecular weight excluding hydrogens is 310 g/mol. The summed E-state index contributed by atoms with van der Waals surface area (Å²) in [5, 5.41) is -6.31. The molecule has 0 atom stereocenters. The van der Waals surface area contributed by atoms with E-state index in [2.05, 4.69) is 0 Å². The second-order valence-corrected chi connectivity index (χ2v) is 2.80. The second kappa shape index (κ2) is 4.73. The molecule has 0 aromatic carbocycles. The van der Waals surface area contributed by atoms with Crippen molar-refractivity contribution in [1.29, 1.82) is 0 Å². The van der Waals surface area contributed by atoms with Gasteiger partial charge in [0.2, 0.25) is 0 Å². The molecule has 0 aromatic heterocycles. The lowest BCUT2D eigenvalue weighted by Gasteiger charge is -2.29. The van der Waals surface area contributed by atoms with Gasteiger partial charge in [-0.3, -0.25) is 9.59 Å². The minimum atomic E-state index is -7.11. The lowest BCUT2D eigenvalue weighted by Crippen LogP contribution is -2.63.